The van der Waals surface area contributed by atoms with Gasteiger partial charge in [-0.2, -0.15) is 13.2 Å². The molecule has 0 aromatic heterocycles. The summed E-state index contributed by atoms with van der Waals surface area (Å²) >= 11 is 0. The average Bonchev–Trinajstić information content (AvgIpc) is 1.61. The molecule has 0 saturated heterocycles. The van der Waals surface area contributed by atoms with Gasteiger partial charge in [0.1, 0.15) is 42.0 Å². The van der Waals surface area contributed by atoms with Crippen molar-refractivity contribution in [3.8, 4) is 5.75 Å². The Kier molecular flexibility index (Phi) is 29.6. The number of alkyl halides is 3. The van der Waals surface area contributed by atoms with E-state index in [1.165, 1.54) is 88.7 Å². The number of likely N-dealkylation sites (N-methyl/N-ethyl adjacent to an activating group) is 7. The predicted molar refractivity (Wildman–Crippen MR) is 356 cm³/mol. The van der Waals surface area contributed by atoms with Gasteiger partial charge in [0.15, 0.2) is 0 Å². The highest BCUT2D eigenvalue weighted by Gasteiger charge is 2.44. The molecule has 0 radical (unpaired) electrons. The van der Waals surface area contributed by atoms with Crippen LogP contribution in [0.4, 0.5) is 13.2 Å². The van der Waals surface area contributed by atoms with Crippen LogP contribution in [0, 0.1) is 17.3 Å². The molecule has 8 atom stereocenters. The van der Waals surface area contributed by atoms with E-state index >= 15 is 4.79 Å². The standard InChI is InChI=1S/C70H106F3N11O11/c1-14-45(2)60-67(93)79(8)44-59(87)81(10)53-30-20-17-23-38-84(66(53)92)55(65(91)78(7)43-57(85)76-37-24-26-47-35-36-50(70(71,72)73)56(40-47)95-13)39-48-33-31-46(32-34-48)25-18-15-16-19-29-52(63(89)77-60)80(9)58(86)41-54(62(88)75-6)82(11)68(94)61(49-27-21-22-28-49)83(12)64(90)51(74)42-69(3,4)5/h17,20,31-36,40,45,49,51-55,60-61H,14-16,18-19,21-30,37-39,41-44,74H2,1-13H3,(H,75,88)(H,76,85)(H,77,89)/b20-17-/t45-,51?,52?,53-,54-,55-,60?,61-/m0/s1. The van der Waals surface area contributed by atoms with E-state index in [4.69, 9.17) is 10.5 Å². The topological polar surface area (TPSA) is 265 Å². The van der Waals surface area contributed by atoms with Crippen LogP contribution in [0.1, 0.15) is 153 Å². The second-order valence-corrected chi connectivity index (χ2v) is 27.4. The van der Waals surface area contributed by atoms with Crippen molar-refractivity contribution in [1.82, 2.24) is 50.2 Å². The highest BCUT2D eigenvalue weighted by molar-refractivity contribution is 5.98. The lowest BCUT2D eigenvalue weighted by atomic mass is 9.87. The fourth-order valence-corrected chi connectivity index (χ4v) is 13.0. The molecule has 2 aromatic rings. The number of methoxy groups -OCH3 is 1. The predicted octanol–water partition coefficient (Wildman–Crippen LogP) is 5.90. The second-order valence-electron chi connectivity index (χ2n) is 27.4. The molecule has 3 unspecified atom stereocenters. The number of hydrogen-bond acceptors (Lipinski definition) is 12. The van der Waals surface area contributed by atoms with Crippen molar-refractivity contribution in [3.63, 3.8) is 0 Å². The number of hydrogen-bond donors (Lipinski definition) is 4. The summed E-state index contributed by atoms with van der Waals surface area (Å²) in [5.74, 6) is -6.59. The molecule has 5 N–H and O–H groups in total. The normalized spacial score (nSPS) is 21.0. The van der Waals surface area contributed by atoms with Crippen LogP contribution in [0.15, 0.2) is 54.6 Å². The van der Waals surface area contributed by atoms with Crippen LogP contribution >= 0.6 is 0 Å². The molecule has 1 saturated carbocycles. The van der Waals surface area contributed by atoms with E-state index in [-0.39, 0.29) is 56.0 Å². The number of carbonyl (C=O) groups excluding carboxylic acids is 10. The zero-order valence-electron chi connectivity index (χ0n) is 58.3. The number of fused-ring (bicyclic) bond motifs is 17. The molecule has 4 aliphatic rings. The molecule has 528 valence electrons. The Morgan fingerprint density at radius 1 is 0.832 bits per heavy atom. The van der Waals surface area contributed by atoms with Gasteiger partial charge in [-0.25, -0.2) is 0 Å². The van der Waals surface area contributed by atoms with E-state index in [0.29, 0.717) is 69.8 Å². The van der Waals surface area contributed by atoms with E-state index in [1.807, 2.05) is 58.0 Å². The van der Waals surface area contributed by atoms with Crippen molar-refractivity contribution in [2.75, 3.05) is 82.6 Å². The van der Waals surface area contributed by atoms with Gasteiger partial charge in [-0.1, -0.05) is 116 Å². The van der Waals surface area contributed by atoms with E-state index < -0.39 is 132 Å². The number of ether oxygens (including phenoxy) is 1. The number of rotatable bonds is 20. The summed E-state index contributed by atoms with van der Waals surface area (Å²) in [4.78, 5) is 154. The summed E-state index contributed by atoms with van der Waals surface area (Å²) in [6, 6.07) is 3.56. The van der Waals surface area contributed by atoms with Gasteiger partial charge in [0.2, 0.25) is 59.1 Å². The number of nitrogens with two attached hydrogens (primary N) is 1. The van der Waals surface area contributed by atoms with Crippen LogP contribution in [-0.4, -0.2) is 218 Å². The van der Waals surface area contributed by atoms with Crippen LogP contribution in [0.3, 0.4) is 0 Å². The third-order valence-corrected chi connectivity index (χ3v) is 19.0. The van der Waals surface area contributed by atoms with Gasteiger partial charge in [-0.05, 0) is 110 Å². The minimum absolute atomic E-state index is 0.0646. The third kappa shape index (κ3) is 22.0. The first kappa shape index (κ1) is 78.1. The average molecular weight is 1330 g/mol. The number of halogens is 3. The Morgan fingerprint density at radius 3 is 2.09 bits per heavy atom. The highest BCUT2D eigenvalue weighted by atomic mass is 19.4. The van der Waals surface area contributed by atoms with Crippen molar-refractivity contribution >= 4 is 59.1 Å². The molecule has 3 heterocycles. The van der Waals surface area contributed by atoms with Crippen LogP contribution in [0.5, 0.6) is 5.75 Å². The van der Waals surface area contributed by atoms with E-state index in [0.717, 1.165) is 50.0 Å². The quantitative estimate of drug-likeness (QED) is 0.0686. The molecule has 3 aliphatic heterocycles. The molecule has 25 heteroatoms. The maximum atomic E-state index is 15.1. The number of amides is 10. The van der Waals surface area contributed by atoms with Gasteiger partial charge in [-0.3, -0.25) is 47.9 Å². The summed E-state index contributed by atoms with van der Waals surface area (Å²) in [5, 5.41) is 8.33. The van der Waals surface area contributed by atoms with Crippen molar-refractivity contribution < 1.29 is 65.9 Å². The lowest BCUT2D eigenvalue weighted by Gasteiger charge is -2.39. The van der Waals surface area contributed by atoms with Gasteiger partial charge >= 0.3 is 6.18 Å². The smallest absolute Gasteiger partial charge is 0.419 e. The first-order valence-corrected chi connectivity index (χ1v) is 33.6. The molecule has 95 heavy (non-hydrogen) atoms. The molecule has 1 aliphatic carbocycles. The lowest BCUT2D eigenvalue weighted by Crippen LogP contribution is -2.60. The second kappa shape index (κ2) is 36.0. The van der Waals surface area contributed by atoms with Gasteiger partial charge in [0.25, 0.3) is 0 Å². The van der Waals surface area contributed by atoms with Crippen LogP contribution < -0.4 is 26.4 Å². The third-order valence-electron chi connectivity index (χ3n) is 19.0. The van der Waals surface area contributed by atoms with Crippen molar-refractivity contribution in [3.05, 3.63) is 76.9 Å². The molecule has 2 aromatic carbocycles. The van der Waals surface area contributed by atoms with Gasteiger partial charge in [0, 0.05) is 68.8 Å². The SMILES string of the molecule is CC[C@H](C)C1NC(=O)C(N(C)C(=O)C[C@@H](C(=O)NC)N(C)C(=O)[C@H](C2CCCC2)N(C)C(=O)C(N)CC(C)(C)C)CCCCCCc2ccc(cc2)C[C@@H](C(=O)N(C)CC(=O)NCCCc2ccc(C(F)(F)F)c(OC)c2)N2CC/C=C\C[C@@H](C2=O)N(C)C(=O)CN(C)C1=O. The Morgan fingerprint density at radius 2 is 1.47 bits per heavy atom. The summed E-state index contributed by atoms with van der Waals surface area (Å²) < 4.78 is 45.4. The summed E-state index contributed by atoms with van der Waals surface area (Å²) in [6.07, 6.45) is 7.09. The number of benzene rings is 2. The lowest BCUT2D eigenvalue weighted by molar-refractivity contribution is -0.152. The molecule has 1 fully saturated rings. The maximum absolute atomic E-state index is 15.1. The van der Waals surface area contributed by atoms with E-state index in [1.54, 1.807) is 20.0 Å². The van der Waals surface area contributed by atoms with Crippen LogP contribution in [0.2, 0.25) is 0 Å². The van der Waals surface area contributed by atoms with Crippen molar-refractivity contribution in [1.29, 1.82) is 0 Å². The number of carbonyl (C=O) groups is 10. The molecular weight excluding hydrogens is 1230 g/mol. The first-order chi connectivity index (χ1) is 44.7. The molecule has 4 bridgehead atoms. The fourth-order valence-electron chi connectivity index (χ4n) is 13.0. The van der Waals surface area contributed by atoms with Crippen molar-refractivity contribution in [2.45, 2.75) is 199 Å². The van der Waals surface area contributed by atoms with E-state index in [9.17, 15) is 56.3 Å². The fraction of sp³-hybridized carbons (Fsp3) is 0.657. The Bertz CT molecular complexity index is 3010. The van der Waals surface area contributed by atoms with Crippen LogP contribution in [-0.2, 0) is 73.4 Å². The maximum Gasteiger partial charge on any atom is 0.419 e. The molecule has 22 nitrogen and oxygen atoms in total. The molecule has 6 rings (SSSR count). The first-order valence-electron chi connectivity index (χ1n) is 33.6. The van der Waals surface area contributed by atoms with Gasteiger partial charge < -0.3 is 60.7 Å². The summed E-state index contributed by atoms with van der Waals surface area (Å²) in [6.45, 7) is 8.91. The number of nitrogens with zero attached hydrogens (tertiary/aromatic N) is 7. The minimum Gasteiger partial charge on any atom is -0.496 e. The molecule has 10 amide bonds. The van der Waals surface area contributed by atoms with Crippen molar-refractivity contribution in [2.24, 2.45) is 23.0 Å². The van der Waals surface area contributed by atoms with E-state index in [2.05, 4.69) is 16.0 Å². The number of nitrogens with one attached hydrogen (secondary N) is 3. The molecular formula is C70H106F3N11O11. The van der Waals surface area contributed by atoms with Gasteiger partial charge in [-0.15, -0.1) is 0 Å². The Labute approximate surface area is 559 Å². The largest absolute Gasteiger partial charge is 0.496 e. The summed E-state index contributed by atoms with van der Waals surface area (Å²) in [5.41, 5.74) is 7.60. The zero-order chi connectivity index (χ0) is 70.6. The Balaban J connectivity index is 1.40. The zero-order valence-corrected chi connectivity index (χ0v) is 58.3. The Hall–Kier alpha value is -7.57. The van der Waals surface area contributed by atoms with Crippen LogP contribution in [0.25, 0.3) is 0 Å². The highest BCUT2D eigenvalue weighted by Crippen LogP contribution is 2.37. The summed E-state index contributed by atoms with van der Waals surface area (Å²) in [7, 11) is 11.4. The molecule has 0 spiro atoms. The van der Waals surface area contributed by atoms with Gasteiger partial charge in [0.05, 0.1) is 38.2 Å². The minimum atomic E-state index is -4.59. The number of aryl methyl sites for hydroxylation is 2. The monoisotopic (exact) mass is 1330 g/mol.